The molecule has 8 rings (SSSR count). The largest absolute Gasteiger partial charge is 0.0577 e. The molecule has 0 N–H and O–H groups in total. The maximum Gasteiger partial charge on any atom is 0.0432 e. The van der Waals surface area contributed by atoms with Gasteiger partial charge in [0.25, 0.3) is 0 Å². The molecule has 0 bridgehead atoms. The van der Waals surface area contributed by atoms with Gasteiger partial charge in [0.05, 0.1) is 0 Å². The maximum atomic E-state index is 2.73. The highest BCUT2D eigenvalue weighted by Gasteiger charge is 2.73. The Morgan fingerprint density at radius 2 is 1.08 bits per heavy atom. The van der Waals surface area contributed by atoms with Crippen LogP contribution in [0, 0.1) is 38.9 Å². The molecule has 1 fully saturated rings. The van der Waals surface area contributed by atoms with Gasteiger partial charge < -0.3 is 0 Å². The van der Waals surface area contributed by atoms with Crippen molar-refractivity contribution in [1.29, 1.82) is 0 Å². The van der Waals surface area contributed by atoms with Crippen LogP contribution < -0.4 is 0 Å². The van der Waals surface area contributed by atoms with Crippen LogP contribution in [0.25, 0.3) is 0 Å². The van der Waals surface area contributed by atoms with E-state index in [1.165, 1.54) is 22.3 Å². The van der Waals surface area contributed by atoms with Crippen molar-refractivity contribution in [1.82, 2.24) is 0 Å². The lowest BCUT2D eigenvalue weighted by Gasteiger charge is -2.58. The van der Waals surface area contributed by atoms with E-state index in [2.05, 4.69) is 107 Å². The fourth-order valence-electron chi connectivity index (χ4n) is 10.2. The first kappa shape index (κ1) is 22.6. The SMILES string of the molecule is CC1=C(C)C2=C3C1=CC1=C(C)C(C)=C4C=C5C6=C(C=C7C(C(=C2)C(C)(C)C7(C)C)[C@]36C14)C(C)(C)C5(C)C. The van der Waals surface area contributed by atoms with E-state index in [0.29, 0.717) is 11.8 Å². The van der Waals surface area contributed by atoms with Gasteiger partial charge in [0.15, 0.2) is 0 Å². The van der Waals surface area contributed by atoms with Gasteiger partial charge in [-0.05, 0) is 116 Å². The molecule has 1 spiro atoms. The monoisotopic (exact) mass is 486 g/mol. The molecule has 2 unspecified atom stereocenters. The Morgan fingerprint density at radius 1 is 0.514 bits per heavy atom. The molecule has 37 heavy (non-hydrogen) atoms. The molecule has 1 saturated carbocycles. The van der Waals surface area contributed by atoms with Gasteiger partial charge in [-0.1, -0.05) is 90.8 Å². The minimum atomic E-state index is -0.0220. The Labute approximate surface area is 224 Å². The summed E-state index contributed by atoms with van der Waals surface area (Å²) in [7, 11) is 0. The normalized spacial score (nSPS) is 37.7. The predicted molar refractivity (Wildman–Crippen MR) is 155 cm³/mol. The second-order valence-corrected chi connectivity index (χ2v) is 15.5. The lowest BCUT2D eigenvalue weighted by Crippen LogP contribution is -2.50. The van der Waals surface area contributed by atoms with E-state index >= 15 is 0 Å². The van der Waals surface area contributed by atoms with Crippen molar-refractivity contribution in [2.45, 2.75) is 83.1 Å². The lowest BCUT2D eigenvalue weighted by molar-refractivity contribution is 0.219. The Bertz CT molecular complexity index is 1630. The van der Waals surface area contributed by atoms with Gasteiger partial charge >= 0.3 is 0 Å². The van der Waals surface area contributed by atoms with E-state index in [9.17, 15) is 0 Å². The van der Waals surface area contributed by atoms with Crippen molar-refractivity contribution in [2.24, 2.45) is 38.9 Å². The number of hydrogen-bond donors (Lipinski definition) is 0. The van der Waals surface area contributed by atoms with Crippen molar-refractivity contribution in [3.8, 4) is 0 Å². The summed E-state index contributed by atoms with van der Waals surface area (Å²) >= 11 is 0. The molecular weight excluding hydrogens is 444 g/mol. The summed E-state index contributed by atoms with van der Waals surface area (Å²) in [5.41, 5.74) is 22.8. The highest BCUT2D eigenvalue weighted by molar-refractivity contribution is 5.85. The quantitative estimate of drug-likeness (QED) is 0.320. The van der Waals surface area contributed by atoms with E-state index in [1.54, 1.807) is 55.7 Å². The molecular formula is C37H42. The molecule has 0 amide bonds. The van der Waals surface area contributed by atoms with Crippen LogP contribution in [-0.2, 0) is 0 Å². The molecule has 0 heteroatoms. The average molecular weight is 487 g/mol. The number of hydrogen-bond acceptors (Lipinski definition) is 0. The van der Waals surface area contributed by atoms with E-state index in [1.807, 2.05) is 0 Å². The van der Waals surface area contributed by atoms with Crippen molar-refractivity contribution in [2.75, 3.05) is 0 Å². The minimum Gasteiger partial charge on any atom is -0.0577 e. The first-order valence-electron chi connectivity index (χ1n) is 14.5. The molecule has 0 aromatic heterocycles. The second-order valence-electron chi connectivity index (χ2n) is 15.5. The van der Waals surface area contributed by atoms with Crippen molar-refractivity contribution in [3.05, 3.63) is 102 Å². The van der Waals surface area contributed by atoms with E-state index in [4.69, 9.17) is 0 Å². The van der Waals surface area contributed by atoms with E-state index in [0.717, 1.165) is 0 Å². The van der Waals surface area contributed by atoms with Crippen LogP contribution in [0.1, 0.15) is 83.1 Å². The first-order chi connectivity index (χ1) is 17.1. The molecule has 8 aliphatic carbocycles. The second kappa shape index (κ2) is 5.66. The molecule has 0 aliphatic heterocycles. The first-order valence-corrected chi connectivity index (χ1v) is 14.5. The molecule has 0 aromatic carbocycles. The Morgan fingerprint density at radius 3 is 1.70 bits per heavy atom. The highest BCUT2D eigenvalue weighted by atomic mass is 14.8. The Balaban J connectivity index is 1.66. The van der Waals surface area contributed by atoms with Crippen molar-refractivity contribution < 1.29 is 0 Å². The summed E-state index contributed by atoms with van der Waals surface area (Å²) in [6.45, 7) is 29.9. The zero-order valence-electron chi connectivity index (χ0n) is 25.0. The fourth-order valence-corrected chi connectivity index (χ4v) is 10.2. The molecule has 3 atom stereocenters. The van der Waals surface area contributed by atoms with Crippen LogP contribution in [-0.4, -0.2) is 0 Å². The van der Waals surface area contributed by atoms with Gasteiger partial charge in [-0.3, -0.25) is 0 Å². The summed E-state index contributed by atoms with van der Waals surface area (Å²) in [4.78, 5) is 0. The van der Waals surface area contributed by atoms with Gasteiger partial charge in [0, 0.05) is 17.3 Å². The van der Waals surface area contributed by atoms with Gasteiger partial charge in [0.1, 0.15) is 0 Å². The van der Waals surface area contributed by atoms with E-state index < -0.39 is 0 Å². The zero-order valence-corrected chi connectivity index (χ0v) is 25.0. The average Bonchev–Trinajstić information content (AvgIpc) is 3.33. The Hall–Kier alpha value is -2.34. The summed E-state index contributed by atoms with van der Waals surface area (Å²) < 4.78 is 0. The third kappa shape index (κ3) is 1.83. The van der Waals surface area contributed by atoms with Crippen molar-refractivity contribution in [3.63, 3.8) is 0 Å². The standard InChI is InChI=1S/C37H42/c1-17-19(3)23-14-25-31-27(35(9,10)33(25,5)6)16-28-32-26(34(7,8)36(28,11)12)15-24-20(4)18(2)22-13-21(17)29(23)37(31,32)30(22)24/h13-16,29,32H,1-12H3/t29?,32?,37-/m1/s1. The van der Waals surface area contributed by atoms with Gasteiger partial charge in [-0.15, -0.1) is 0 Å². The number of rotatable bonds is 0. The highest BCUT2D eigenvalue weighted by Crippen LogP contribution is 2.83. The molecule has 0 nitrogen and oxygen atoms in total. The summed E-state index contributed by atoms with van der Waals surface area (Å²) in [6, 6.07) is 0. The van der Waals surface area contributed by atoms with Gasteiger partial charge in [-0.2, -0.15) is 0 Å². The third-order valence-corrected chi connectivity index (χ3v) is 14.0. The topological polar surface area (TPSA) is 0 Å². The van der Waals surface area contributed by atoms with Crippen molar-refractivity contribution >= 4 is 0 Å². The summed E-state index contributed by atoms with van der Waals surface area (Å²) in [6.07, 6.45) is 10.7. The molecule has 8 aliphatic rings. The molecule has 0 aromatic rings. The van der Waals surface area contributed by atoms with Crippen LogP contribution in [0.15, 0.2) is 102 Å². The van der Waals surface area contributed by atoms with E-state index in [-0.39, 0.29) is 27.1 Å². The number of allylic oxidation sites excluding steroid dienone is 18. The molecule has 190 valence electrons. The van der Waals surface area contributed by atoms with Crippen LogP contribution in [0.4, 0.5) is 0 Å². The summed E-state index contributed by atoms with van der Waals surface area (Å²) in [5, 5.41) is 0. The minimum absolute atomic E-state index is 0.0220. The zero-order chi connectivity index (χ0) is 26.6. The fraction of sp³-hybridized carbons (Fsp3) is 0.514. The lowest BCUT2D eigenvalue weighted by atomic mass is 9.44. The van der Waals surface area contributed by atoms with Crippen LogP contribution in [0.3, 0.4) is 0 Å². The Kier molecular flexibility index (Phi) is 3.46. The molecule has 0 radical (unpaired) electrons. The summed E-state index contributed by atoms with van der Waals surface area (Å²) in [5.74, 6) is 0.875. The maximum absolute atomic E-state index is 2.73. The third-order valence-electron chi connectivity index (χ3n) is 14.0. The van der Waals surface area contributed by atoms with Gasteiger partial charge in [-0.25, -0.2) is 0 Å². The van der Waals surface area contributed by atoms with Crippen LogP contribution in [0.5, 0.6) is 0 Å². The van der Waals surface area contributed by atoms with Gasteiger partial charge in [0.2, 0.25) is 0 Å². The molecule has 0 saturated heterocycles. The smallest absolute Gasteiger partial charge is 0.0432 e. The van der Waals surface area contributed by atoms with Crippen LogP contribution in [0.2, 0.25) is 0 Å². The molecule has 0 heterocycles. The van der Waals surface area contributed by atoms with Crippen LogP contribution >= 0.6 is 0 Å². The predicted octanol–water partition coefficient (Wildman–Crippen LogP) is 9.69.